The molecule has 0 fully saturated rings. The summed E-state index contributed by atoms with van der Waals surface area (Å²) in [5.74, 6) is 0. The van der Waals surface area contributed by atoms with Crippen molar-refractivity contribution in [2.24, 2.45) is 0 Å². The van der Waals surface area contributed by atoms with Gasteiger partial charge in [-0.1, -0.05) is 34.7 Å². The molecule has 1 nitrogen and oxygen atoms in total. The SMILES string of the molecule is C=C/C=c1/nc(C)cc(CBr)/c1=C/C. The van der Waals surface area contributed by atoms with E-state index in [0.29, 0.717) is 0 Å². The Morgan fingerprint density at radius 2 is 2.29 bits per heavy atom. The smallest absolute Gasteiger partial charge is 0.0704 e. The molecule has 0 atom stereocenters. The number of aromatic nitrogens is 1. The number of hydrogen-bond donors (Lipinski definition) is 0. The third-order valence-electron chi connectivity index (χ3n) is 2.01. The number of hydrogen-bond acceptors (Lipinski definition) is 1. The van der Waals surface area contributed by atoms with Crippen molar-refractivity contribution in [2.45, 2.75) is 19.2 Å². The van der Waals surface area contributed by atoms with Crippen molar-refractivity contribution in [1.29, 1.82) is 0 Å². The summed E-state index contributed by atoms with van der Waals surface area (Å²) < 4.78 is 0. The quantitative estimate of drug-likeness (QED) is 0.734. The Morgan fingerprint density at radius 1 is 1.57 bits per heavy atom. The first-order valence-electron chi connectivity index (χ1n) is 4.54. The van der Waals surface area contributed by atoms with Gasteiger partial charge in [-0.15, -0.1) is 0 Å². The average molecular weight is 252 g/mol. The largest absolute Gasteiger partial charge is 0.253 e. The van der Waals surface area contributed by atoms with E-state index in [2.05, 4.69) is 39.6 Å². The fourth-order valence-corrected chi connectivity index (χ4v) is 1.92. The van der Waals surface area contributed by atoms with E-state index in [0.717, 1.165) is 16.4 Å². The van der Waals surface area contributed by atoms with Crippen LogP contribution in [0.4, 0.5) is 0 Å². The molecule has 0 aromatic carbocycles. The predicted octanol–water partition coefficient (Wildman–Crippen LogP) is 2.05. The molecule has 0 saturated heterocycles. The molecule has 1 heterocycles. The van der Waals surface area contributed by atoms with E-state index in [4.69, 9.17) is 0 Å². The van der Waals surface area contributed by atoms with Crippen LogP contribution in [-0.4, -0.2) is 4.98 Å². The minimum atomic E-state index is 0.855. The highest BCUT2D eigenvalue weighted by molar-refractivity contribution is 9.08. The molecule has 0 saturated carbocycles. The first-order valence-corrected chi connectivity index (χ1v) is 5.66. The lowest BCUT2D eigenvalue weighted by molar-refractivity contribution is 1.10. The molecule has 2 heteroatoms. The normalized spacial score (nSPS) is 13.4. The maximum absolute atomic E-state index is 4.46. The van der Waals surface area contributed by atoms with E-state index in [-0.39, 0.29) is 0 Å². The van der Waals surface area contributed by atoms with E-state index in [1.807, 2.05) is 19.9 Å². The van der Waals surface area contributed by atoms with Crippen molar-refractivity contribution < 1.29 is 0 Å². The number of pyridine rings is 1. The van der Waals surface area contributed by atoms with Gasteiger partial charge in [0.05, 0.1) is 5.35 Å². The fourth-order valence-electron chi connectivity index (χ4n) is 1.46. The first kappa shape index (κ1) is 11.2. The molecule has 0 N–H and O–H groups in total. The number of nitrogens with zero attached hydrogens (tertiary/aromatic N) is 1. The van der Waals surface area contributed by atoms with Gasteiger partial charge in [-0.05, 0) is 36.8 Å². The molecule has 14 heavy (non-hydrogen) atoms. The lowest BCUT2D eigenvalue weighted by atomic mass is 10.2. The van der Waals surface area contributed by atoms with E-state index in [1.165, 1.54) is 10.8 Å². The summed E-state index contributed by atoms with van der Waals surface area (Å²) in [6.45, 7) is 7.73. The Labute approximate surface area is 93.0 Å². The maximum Gasteiger partial charge on any atom is 0.0704 e. The lowest BCUT2D eigenvalue weighted by Crippen LogP contribution is -2.31. The summed E-state index contributed by atoms with van der Waals surface area (Å²) in [7, 11) is 0. The molecular formula is C12H14BrN. The summed E-state index contributed by atoms with van der Waals surface area (Å²) in [5.41, 5.74) is 2.31. The minimum absolute atomic E-state index is 0.855. The molecule has 0 amide bonds. The maximum atomic E-state index is 4.46. The second kappa shape index (κ2) is 5.11. The third-order valence-corrected chi connectivity index (χ3v) is 2.61. The van der Waals surface area contributed by atoms with Gasteiger partial charge in [0, 0.05) is 11.0 Å². The van der Waals surface area contributed by atoms with Gasteiger partial charge < -0.3 is 0 Å². The highest BCUT2D eigenvalue weighted by atomic mass is 79.9. The van der Waals surface area contributed by atoms with Crippen molar-refractivity contribution in [3.63, 3.8) is 0 Å². The van der Waals surface area contributed by atoms with Gasteiger partial charge in [-0.25, -0.2) is 0 Å². The Morgan fingerprint density at radius 3 is 2.79 bits per heavy atom. The van der Waals surface area contributed by atoms with Crippen LogP contribution in [0.5, 0.6) is 0 Å². The van der Waals surface area contributed by atoms with Crippen molar-refractivity contribution in [3.8, 4) is 0 Å². The zero-order valence-corrected chi connectivity index (χ0v) is 10.1. The van der Waals surface area contributed by atoms with Crippen LogP contribution in [0.2, 0.25) is 0 Å². The summed E-state index contributed by atoms with van der Waals surface area (Å²) in [4.78, 5) is 4.46. The summed E-state index contributed by atoms with van der Waals surface area (Å²) in [5, 5.41) is 3.04. The molecule has 0 radical (unpaired) electrons. The van der Waals surface area contributed by atoms with Gasteiger partial charge >= 0.3 is 0 Å². The zero-order chi connectivity index (χ0) is 10.6. The molecule has 0 bridgehead atoms. The fraction of sp³-hybridized carbons (Fsp3) is 0.250. The van der Waals surface area contributed by atoms with Crippen LogP contribution >= 0.6 is 15.9 Å². The Hall–Kier alpha value is -0.890. The number of allylic oxidation sites excluding steroid dienone is 1. The van der Waals surface area contributed by atoms with E-state index in [1.54, 1.807) is 6.08 Å². The van der Waals surface area contributed by atoms with Gasteiger partial charge in [0.15, 0.2) is 0 Å². The van der Waals surface area contributed by atoms with E-state index in [9.17, 15) is 0 Å². The summed E-state index contributed by atoms with van der Waals surface area (Å²) >= 11 is 3.48. The first-order chi connectivity index (χ1) is 6.72. The van der Waals surface area contributed by atoms with Crippen molar-refractivity contribution in [1.82, 2.24) is 4.98 Å². The molecule has 0 aliphatic rings. The van der Waals surface area contributed by atoms with E-state index < -0.39 is 0 Å². The molecule has 74 valence electrons. The molecule has 1 aromatic rings. The molecule has 0 unspecified atom stereocenters. The van der Waals surface area contributed by atoms with Gasteiger partial charge in [0.25, 0.3) is 0 Å². The van der Waals surface area contributed by atoms with Gasteiger partial charge in [-0.2, -0.15) is 0 Å². The minimum Gasteiger partial charge on any atom is -0.253 e. The van der Waals surface area contributed by atoms with Crippen molar-refractivity contribution >= 4 is 28.1 Å². The highest BCUT2D eigenvalue weighted by Crippen LogP contribution is 1.99. The standard InChI is InChI=1S/C12H14BrN/c1-4-6-12-11(5-2)10(8-13)7-9(3)14-12/h4-7H,1,8H2,2-3H3/b11-5-,12-6+. The van der Waals surface area contributed by atoms with Crippen molar-refractivity contribution in [3.05, 3.63) is 40.5 Å². The highest BCUT2D eigenvalue weighted by Gasteiger charge is 1.97. The third kappa shape index (κ3) is 2.32. The van der Waals surface area contributed by atoms with Crippen LogP contribution < -0.4 is 10.6 Å². The van der Waals surface area contributed by atoms with Crippen LogP contribution in [0.15, 0.2) is 18.7 Å². The second-order valence-corrected chi connectivity index (χ2v) is 3.61. The molecular weight excluding hydrogens is 238 g/mol. The topological polar surface area (TPSA) is 12.9 Å². The Balaban J connectivity index is 3.66. The average Bonchev–Trinajstić information content (AvgIpc) is 2.17. The number of rotatable bonds is 2. The molecule has 0 aliphatic heterocycles. The van der Waals surface area contributed by atoms with Crippen LogP contribution in [-0.2, 0) is 5.33 Å². The summed E-state index contributed by atoms with van der Waals surface area (Å²) in [6.07, 6.45) is 5.79. The second-order valence-electron chi connectivity index (χ2n) is 3.05. The van der Waals surface area contributed by atoms with Crippen LogP contribution in [0.25, 0.3) is 12.2 Å². The monoisotopic (exact) mass is 251 g/mol. The summed E-state index contributed by atoms with van der Waals surface area (Å²) in [6, 6.07) is 2.10. The van der Waals surface area contributed by atoms with Crippen LogP contribution in [0.3, 0.4) is 0 Å². The van der Waals surface area contributed by atoms with Crippen LogP contribution in [0, 0.1) is 6.92 Å². The van der Waals surface area contributed by atoms with Gasteiger partial charge in [0.2, 0.25) is 0 Å². The molecule has 0 aliphatic carbocycles. The van der Waals surface area contributed by atoms with E-state index >= 15 is 0 Å². The number of aryl methyl sites for hydroxylation is 1. The van der Waals surface area contributed by atoms with Crippen molar-refractivity contribution in [2.75, 3.05) is 0 Å². The molecule has 0 spiro atoms. The van der Waals surface area contributed by atoms with Crippen LogP contribution in [0.1, 0.15) is 18.2 Å². The van der Waals surface area contributed by atoms with Gasteiger partial charge in [0.1, 0.15) is 0 Å². The zero-order valence-electron chi connectivity index (χ0n) is 8.55. The molecule has 1 aromatic heterocycles. The number of halogens is 1. The lowest BCUT2D eigenvalue weighted by Gasteiger charge is -2.00. The number of alkyl halides is 1. The Bertz CT molecular complexity index is 446. The molecule has 1 rings (SSSR count). The Kier molecular flexibility index (Phi) is 4.08. The predicted molar refractivity (Wildman–Crippen MR) is 65.7 cm³/mol. The van der Waals surface area contributed by atoms with Gasteiger partial charge in [-0.3, -0.25) is 4.98 Å².